The van der Waals surface area contributed by atoms with Crippen LogP contribution in [0.5, 0.6) is 0 Å². The molecular weight excluding hydrogens is 560 g/mol. The van der Waals surface area contributed by atoms with Crippen LogP contribution in [0.15, 0.2) is 72.9 Å². The summed E-state index contributed by atoms with van der Waals surface area (Å²) in [6, 6.07) is 14.9. The number of nitrogens with zero attached hydrogens (tertiary/aromatic N) is 4. The van der Waals surface area contributed by atoms with E-state index in [4.69, 9.17) is 28.3 Å². The molecule has 0 saturated carbocycles. The molecule has 0 radical (unpaired) electrons. The molecule has 1 aliphatic rings. The molecule has 12 heteroatoms. The zero-order valence-electron chi connectivity index (χ0n) is 20.6. The van der Waals surface area contributed by atoms with Gasteiger partial charge in [-0.05, 0) is 60.0 Å². The lowest BCUT2D eigenvalue weighted by molar-refractivity contribution is -0.135. The number of aromatic nitrogens is 3. The van der Waals surface area contributed by atoms with E-state index in [1.807, 2.05) is 12.1 Å². The Morgan fingerprint density at radius 3 is 2.50 bits per heavy atom. The first-order valence-corrected chi connectivity index (χ1v) is 12.8. The van der Waals surface area contributed by atoms with E-state index in [0.29, 0.717) is 17.7 Å². The van der Waals surface area contributed by atoms with Crippen LogP contribution in [0.1, 0.15) is 33.1 Å². The standard InChI is InChI=1S/C28H20Cl2FN5O4/c29-21-10-11-22(36-15-23(30)33-34-36)20(25(21)31)9-12-24(37)35-14-13-16-3-1-2-4-19(16)26(35)27(38)32-18-7-5-17(6-8-18)28(39)40/h1-12,15,26H,13-14H2,(H,32,38)(H,39,40). The van der Waals surface area contributed by atoms with Gasteiger partial charge >= 0.3 is 5.97 Å². The van der Waals surface area contributed by atoms with Crippen molar-refractivity contribution in [3.05, 3.63) is 111 Å². The van der Waals surface area contributed by atoms with Crippen LogP contribution in [0.25, 0.3) is 11.8 Å². The molecule has 9 nitrogen and oxygen atoms in total. The first-order chi connectivity index (χ1) is 19.2. The summed E-state index contributed by atoms with van der Waals surface area (Å²) in [5.74, 6) is -2.87. The van der Waals surface area contributed by atoms with Crippen molar-refractivity contribution < 1.29 is 23.9 Å². The second kappa shape index (κ2) is 11.3. The van der Waals surface area contributed by atoms with Gasteiger partial charge in [0, 0.05) is 23.9 Å². The molecule has 3 aromatic carbocycles. The second-order valence-corrected chi connectivity index (χ2v) is 9.66. The van der Waals surface area contributed by atoms with Crippen LogP contribution in [-0.2, 0) is 16.0 Å². The number of carbonyl (C=O) groups is 3. The summed E-state index contributed by atoms with van der Waals surface area (Å²) in [6.07, 6.45) is 4.34. The van der Waals surface area contributed by atoms with E-state index in [1.54, 1.807) is 12.1 Å². The van der Waals surface area contributed by atoms with Gasteiger partial charge in [-0.2, -0.15) is 0 Å². The van der Waals surface area contributed by atoms with Gasteiger partial charge in [-0.25, -0.2) is 13.9 Å². The van der Waals surface area contributed by atoms with Crippen LogP contribution in [-0.4, -0.2) is 49.3 Å². The van der Waals surface area contributed by atoms with Crippen molar-refractivity contribution in [3.8, 4) is 5.69 Å². The Morgan fingerprint density at radius 1 is 1.05 bits per heavy atom. The minimum absolute atomic E-state index is 0.0145. The number of rotatable bonds is 6. The van der Waals surface area contributed by atoms with Crippen molar-refractivity contribution in [1.29, 1.82) is 0 Å². The maximum Gasteiger partial charge on any atom is 0.335 e. The van der Waals surface area contributed by atoms with E-state index in [-0.39, 0.29) is 33.5 Å². The maximum atomic E-state index is 15.1. The number of fused-ring (bicyclic) bond motifs is 1. The molecule has 1 atom stereocenters. The highest BCUT2D eigenvalue weighted by Gasteiger charge is 2.35. The molecule has 2 N–H and O–H groups in total. The van der Waals surface area contributed by atoms with Crippen molar-refractivity contribution in [2.75, 3.05) is 11.9 Å². The zero-order chi connectivity index (χ0) is 28.4. The molecule has 0 aliphatic carbocycles. The number of hydrogen-bond donors (Lipinski definition) is 2. The summed E-state index contributed by atoms with van der Waals surface area (Å²) in [5, 5.41) is 19.4. The molecule has 1 aromatic heterocycles. The number of halogens is 3. The Morgan fingerprint density at radius 2 is 1.80 bits per heavy atom. The first kappa shape index (κ1) is 27.0. The molecule has 2 heterocycles. The van der Waals surface area contributed by atoms with Crippen LogP contribution in [0.2, 0.25) is 10.2 Å². The molecule has 0 bridgehead atoms. The molecule has 0 fully saturated rings. The van der Waals surface area contributed by atoms with Gasteiger partial charge in [0.1, 0.15) is 6.04 Å². The van der Waals surface area contributed by atoms with E-state index in [0.717, 1.165) is 5.56 Å². The van der Waals surface area contributed by atoms with Gasteiger partial charge in [0.15, 0.2) is 11.0 Å². The molecule has 4 aromatic rings. The predicted molar refractivity (Wildman–Crippen MR) is 147 cm³/mol. The summed E-state index contributed by atoms with van der Waals surface area (Å²) in [4.78, 5) is 39.6. The predicted octanol–water partition coefficient (Wildman–Crippen LogP) is 5.19. The fourth-order valence-corrected chi connectivity index (χ4v) is 4.81. The maximum absolute atomic E-state index is 15.1. The Labute approximate surface area is 237 Å². The monoisotopic (exact) mass is 579 g/mol. The number of carbonyl (C=O) groups excluding carboxylic acids is 2. The molecule has 40 heavy (non-hydrogen) atoms. The van der Waals surface area contributed by atoms with Gasteiger partial charge in [0.25, 0.3) is 5.91 Å². The SMILES string of the molecule is O=C(O)c1ccc(NC(=O)C2c3ccccc3CCN2C(=O)C=Cc2c(-n3cc(Cl)nn3)ccc(Cl)c2F)cc1. The van der Waals surface area contributed by atoms with Gasteiger partial charge in [-0.3, -0.25) is 9.59 Å². The number of hydrogen-bond acceptors (Lipinski definition) is 5. The smallest absolute Gasteiger partial charge is 0.335 e. The molecule has 1 aliphatic heterocycles. The summed E-state index contributed by atoms with van der Waals surface area (Å²) >= 11 is 11.9. The van der Waals surface area contributed by atoms with E-state index in [1.165, 1.54) is 64.3 Å². The van der Waals surface area contributed by atoms with E-state index >= 15 is 4.39 Å². The third kappa shape index (κ3) is 5.45. The van der Waals surface area contributed by atoms with Crippen LogP contribution >= 0.6 is 23.2 Å². The lowest BCUT2D eigenvalue weighted by atomic mass is 9.91. The molecular formula is C28H20Cl2FN5O4. The summed E-state index contributed by atoms with van der Waals surface area (Å²) in [5.41, 5.74) is 2.26. The molecule has 1 unspecified atom stereocenters. The highest BCUT2D eigenvalue weighted by molar-refractivity contribution is 6.31. The van der Waals surface area contributed by atoms with Gasteiger partial charge < -0.3 is 15.3 Å². The van der Waals surface area contributed by atoms with Crippen LogP contribution in [0.3, 0.4) is 0 Å². The van der Waals surface area contributed by atoms with Crippen molar-refractivity contribution in [3.63, 3.8) is 0 Å². The Kier molecular flexibility index (Phi) is 7.63. The number of carboxylic acid groups (broad SMARTS) is 1. The fraction of sp³-hybridized carbons (Fsp3) is 0.107. The van der Waals surface area contributed by atoms with Crippen molar-refractivity contribution in [1.82, 2.24) is 19.9 Å². The summed E-state index contributed by atoms with van der Waals surface area (Å²) in [6.45, 7) is 0.236. The fourth-order valence-electron chi connectivity index (χ4n) is 4.52. The van der Waals surface area contributed by atoms with Crippen molar-refractivity contribution >= 4 is 52.7 Å². The van der Waals surface area contributed by atoms with Crippen molar-refractivity contribution in [2.45, 2.75) is 12.5 Å². The van der Waals surface area contributed by atoms with Gasteiger partial charge in [-0.1, -0.05) is 52.7 Å². The normalized spacial score (nSPS) is 14.7. The number of benzene rings is 3. The van der Waals surface area contributed by atoms with Crippen LogP contribution in [0.4, 0.5) is 10.1 Å². The quantitative estimate of drug-likeness (QED) is 0.303. The van der Waals surface area contributed by atoms with Crippen molar-refractivity contribution in [2.24, 2.45) is 0 Å². The number of nitrogens with one attached hydrogen (secondary N) is 1. The molecule has 2 amide bonds. The number of carboxylic acids is 1. The highest BCUT2D eigenvalue weighted by atomic mass is 35.5. The molecule has 202 valence electrons. The number of amides is 2. The Balaban J connectivity index is 1.46. The highest BCUT2D eigenvalue weighted by Crippen LogP contribution is 2.32. The molecule has 0 saturated heterocycles. The minimum Gasteiger partial charge on any atom is -0.478 e. The zero-order valence-corrected chi connectivity index (χ0v) is 22.1. The third-order valence-electron chi connectivity index (χ3n) is 6.43. The van der Waals surface area contributed by atoms with E-state index in [2.05, 4.69) is 15.6 Å². The van der Waals surface area contributed by atoms with Crippen LogP contribution < -0.4 is 5.32 Å². The first-order valence-electron chi connectivity index (χ1n) is 12.0. The number of aromatic carboxylic acids is 1. The molecule has 0 spiro atoms. The summed E-state index contributed by atoms with van der Waals surface area (Å²) in [7, 11) is 0. The Bertz CT molecular complexity index is 1650. The second-order valence-electron chi connectivity index (χ2n) is 8.87. The average molecular weight is 580 g/mol. The van der Waals surface area contributed by atoms with E-state index < -0.39 is 29.6 Å². The average Bonchev–Trinajstić information content (AvgIpc) is 3.39. The lowest BCUT2D eigenvalue weighted by Crippen LogP contribution is -2.44. The van der Waals surface area contributed by atoms with E-state index in [9.17, 15) is 14.4 Å². The third-order valence-corrected chi connectivity index (χ3v) is 6.89. The molecule has 5 rings (SSSR count). The topological polar surface area (TPSA) is 117 Å². The largest absolute Gasteiger partial charge is 0.478 e. The minimum atomic E-state index is -1.09. The van der Waals surface area contributed by atoms with Gasteiger partial charge in [0.05, 0.1) is 22.5 Å². The van der Waals surface area contributed by atoms with Gasteiger partial charge in [-0.15, -0.1) is 5.10 Å². The van der Waals surface area contributed by atoms with Gasteiger partial charge in [0.2, 0.25) is 5.91 Å². The number of anilines is 1. The van der Waals surface area contributed by atoms with Crippen LogP contribution in [0, 0.1) is 5.82 Å². The Hall–Kier alpha value is -4.54. The lowest BCUT2D eigenvalue weighted by Gasteiger charge is -2.35. The summed E-state index contributed by atoms with van der Waals surface area (Å²) < 4.78 is 16.3.